The van der Waals surface area contributed by atoms with Gasteiger partial charge in [-0.2, -0.15) is 0 Å². The van der Waals surface area contributed by atoms with Crippen molar-refractivity contribution >= 4 is 11.9 Å². The molecule has 5 nitrogen and oxygen atoms in total. The van der Waals surface area contributed by atoms with Gasteiger partial charge in [0.15, 0.2) is 0 Å². The molecule has 1 atom stereocenters. The lowest BCUT2D eigenvalue weighted by atomic mass is 10.1. The monoisotopic (exact) mass is 242 g/mol. The first-order chi connectivity index (χ1) is 8.04. The zero-order valence-electron chi connectivity index (χ0n) is 10.7. The van der Waals surface area contributed by atoms with E-state index in [4.69, 9.17) is 5.11 Å². The number of carbonyl (C=O) groups excluding carboxylic acids is 1. The van der Waals surface area contributed by atoms with Crippen molar-refractivity contribution in [2.75, 3.05) is 26.7 Å². The van der Waals surface area contributed by atoms with Crippen LogP contribution in [0.4, 0.5) is 0 Å². The van der Waals surface area contributed by atoms with Crippen molar-refractivity contribution in [1.29, 1.82) is 0 Å². The van der Waals surface area contributed by atoms with E-state index in [0.717, 1.165) is 26.1 Å². The van der Waals surface area contributed by atoms with Gasteiger partial charge in [0.25, 0.3) is 0 Å². The van der Waals surface area contributed by atoms with E-state index in [2.05, 4.69) is 18.9 Å². The average Bonchev–Trinajstić information content (AvgIpc) is 2.29. The van der Waals surface area contributed by atoms with Gasteiger partial charge in [-0.1, -0.05) is 6.92 Å². The number of carboxylic acids is 1. The number of rotatable bonds is 5. The van der Waals surface area contributed by atoms with E-state index in [1.54, 1.807) is 0 Å². The number of nitrogens with zero attached hydrogens (tertiary/aromatic N) is 2. The zero-order valence-corrected chi connectivity index (χ0v) is 10.7. The first kappa shape index (κ1) is 14.0. The lowest BCUT2D eigenvalue weighted by Gasteiger charge is -2.39. The maximum atomic E-state index is 11.9. The van der Waals surface area contributed by atoms with Crippen LogP contribution in [0.5, 0.6) is 0 Å². The molecule has 1 aliphatic rings. The molecule has 17 heavy (non-hydrogen) atoms. The van der Waals surface area contributed by atoms with E-state index in [-0.39, 0.29) is 12.3 Å². The van der Waals surface area contributed by atoms with E-state index in [1.165, 1.54) is 0 Å². The molecule has 0 radical (unpaired) electrons. The van der Waals surface area contributed by atoms with E-state index < -0.39 is 5.97 Å². The lowest BCUT2D eigenvalue weighted by Crippen LogP contribution is -2.52. The average molecular weight is 242 g/mol. The Labute approximate surface area is 102 Å². The van der Waals surface area contributed by atoms with Crippen LogP contribution in [-0.4, -0.2) is 59.5 Å². The third-order valence-corrected chi connectivity index (χ3v) is 3.38. The molecule has 0 bridgehead atoms. The largest absolute Gasteiger partial charge is 0.481 e. The SMILES string of the molecule is CCC1CN(C(=O)CCCC(=O)O)CCN1C. The Morgan fingerprint density at radius 3 is 2.59 bits per heavy atom. The maximum absolute atomic E-state index is 11.9. The Bertz CT molecular complexity index is 281. The molecule has 0 spiro atoms. The van der Waals surface area contributed by atoms with Gasteiger partial charge in [0.05, 0.1) is 0 Å². The van der Waals surface area contributed by atoms with Gasteiger partial charge in [0.1, 0.15) is 0 Å². The molecular weight excluding hydrogens is 220 g/mol. The van der Waals surface area contributed by atoms with Crippen LogP contribution in [0.1, 0.15) is 32.6 Å². The highest BCUT2D eigenvalue weighted by Crippen LogP contribution is 2.12. The van der Waals surface area contributed by atoms with Crippen LogP contribution in [-0.2, 0) is 9.59 Å². The summed E-state index contributed by atoms with van der Waals surface area (Å²) in [6, 6.07) is 0.437. The minimum atomic E-state index is -0.831. The highest BCUT2D eigenvalue weighted by Gasteiger charge is 2.25. The van der Waals surface area contributed by atoms with Gasteiger partial charge in [0.2, 0.25) is 5.91 Å². The number of aliphatic carboxylic acids is 1. The molecule has 98 valence electrons. The predicted molar refractivity (Wildman–Crippen MR) is 64.8 cm³/mol. The number of amides is 1. The summed E-state index contributed by atoms with van der Waals surface area (Å²) in [5.41, 5.74) is 0. The Hall–Kier alpha value is -1.10. The third kappa shape index (κ3) is 4.34. The van der Waals surface area contributed by atoms with Gasteiger partial charge in [0, 0.05) is 38.5 Å². The minimum Gasteiger partial charge on any atom is -0.481 e. The van der Waals surface area contributed by atoms with Crippen molar-refractivity contribution in [2.45, 2.75) is 38.6 Å². The maximum Gasteiger partial charge on any atom is 0.303 e. The van der Waals surface area contributed by atoms with Crippen LogP contribution < -0.4 is 0 Å². The number of hydrogen-bond donors (Lipinski definition) is 1. The fraction of sp³-hybridized carbons (Fsp3) is 0.833. The second-order valence-corrected chi connectivity index (χ2v) is 4.63. The minimum absolute atomic E-state index is 0.0800. The summed E-state index contributed by atoms with van der Waals surface area (Å²) in [5.74, 6) is -0.736. The number of carbonyl (C=O) groups is 2. The molecular formula is C12H22N2O3. The molecule has 1 fully saturated rings. The van der Waals surface area contributed by atoms with Crippen molar-refractivity contribution in [3.8, 4) is 0 Å². The molecule has 1 N–H and O–H groups in total. The van der Waals surface area contributed by atoms with Gasteiger partial charge in [-0.05, 0) is 19.9 Å². The molecule has 0 aromatic heterocycles. The van der Waals surface area contributed by atoms with Gasteiger partial charge < -0.3 is 10.0 Å². The van der Waals surface area contributed by atoms with Gasteiger partial charge in [-0.15, -0.1) is 0 Å². The van der Waals surface area contributed by atoms with Crippen LogP contribution >= 0.6 is 0 Å². The fourth-order valence-corrected chi connectivity index (χ4v) is 2.16. The normalized spacial score (nSPS) is 21.5. The number of piperazine rings is 1. The smallest absolute Gasteiger partial charge is 0.303 e. The van der Waals surface area contributed by atoms with E-state index in [9.17, 15) is 9.59 Å². The van der Waals surface area contributed by atoms with Crippen LogP contribution in [0, 0.1) is 0 Å². The molecule has 0 aliphatic carbocycles. The van der Waals surface area contributed by atoms with Gasteiger partial charge >= 0.3 is 5.97 Å². The number of hydrogen-bond acceptors (Lipinski definition) is 3. The van der Waals surface area contributed by atoms with E-state index in [1.807, 2.05) is 4.90 Å². The van der Waals surface area contributed by atoms with E-state index in [0.29, 0.717) is 18.9 Å². The molecule has 1 saturated heterocycles. The van der Waals surface area contributed by atoms with E-state index >= 15 is 0 Å². The first-order valence-corrected chi connectivity index (χ1v) is 6.24. The molecule has 1 heterocycles. The van der Waals surface area contributed by atoms with Crippen LogP contribution in [0.2, 0.25) is 0 Å². The summed E-state index contributed by atoms with van der Waals surface area (Å²) in [4.78, 5) is 26.4. The van der Waals surface area contributed by atoms with Crippen molar-refractivity contribution in [3.63, 3.8) is 0 Å². The fourth-order valence-electron chi connectivity index (χ4n) is 2.16. The van der Waals surface area contributed by atoms with Gasteiger partial charge in [-0.3, -0.25) is 14.5 Å². The standard InChI is InChI=1S/C12H22N2O3/c1-3-10-9-14(8-7-13(10)2)11(15)5-4-6-12(16)17/h10H,3-9H2,1-2H3,(H,16,17). The molecule has 1 unspecified atom stereocenters. The van der Waals surface area contributed by atoms with Crippen molar-refractivity contribution in [2.24, 2.45) is 0 Å². The zero-order chi connectivity index (χ0) is 12.8. The third-order valence-electron chi connectivity index (χ3n) is 3.38. The molecule has 1 rings (SSSR count). The van der Waals surface area contributed by atoms with Crippen molar-refractivity contribution in [3.05, 3.63) is 0 Å². The molecule has 0 aromatic rings. The molecule has 5 heteroatoms. The number of likely N-dealkylation sites (N-methyl/N-ethyl adjacent to an activating group) is 1. The quantitative estimate of drug-likeness (QED) is 0.774. The topological polar surface area (TPSA) is 60.9 Å². The summed E-state index contributed by atoms with van der Waals surface area (Å²) in [5, 5.41) is 8.52. The van der Waals surface area contributed by atoms with Crippen molar-refractivity contribution < 1.29 is 14.7 Å². The lowest BCUT2D eigenvalue weighted by molar-refractivity contribution is -0.137. The molecule has 0 aromatic carbocycles. The van der Waals surface area contributed by atoms with Crippen LogP contribution in [0.3, 0.4) is 0 Å². The first-order valence-electron chi connectivity index (χ1n) is 6.24. The molecule has 1 amide bonds. The highest BCUT2D eigenvalue weighted by molar-refractivity contribution is 5.77. The second-order valence-electron chi connectivity index (χ2n) is 4.63. The summed E-state index contributed by atoms with van der Waals surface area (Å²) >= 11 is 0. The summed E-state index contributed by atoms with van der Waals surface area (Å²) in [6.45, 7) is 4.57. The number of carboxylic acid groups (broad SMARTS) is 1. The van der Waals surface area contributed by atoms with Crippen LogP contribution in [0.15, 0.2) is 0 Å². The Morgan fingerprint density at radius 1 is 1.29 bits per heavy atom. The predicted octanol–water partition coefficient (Wildman–Crippen LogP) is 0.794. The molecule has 0 saturated carbocycles. The van der Waals surface area contributed by atoms with Gasteiger partial charge in [-0.25, -0.2) is 0 Å². The Morgan fingerprint density at radius 2 is 2.00 bits per heavy atom. The highest BCUT2D eigenvalue weighted by atomic mass is 16.4. The second kappa shape index (κ2) is 6.59. The Balaban J connectivity index is 2.34. The molecule has 1 aliphatic heterocycles. The summed E-state index contributed by atoms with van der Waals surface area (Å²) in [7, 11) is 2.08. The summed E-state index contributed by atoms with van der Waals surface area (Å²) < 4.78 is 0. The summed E-state index contributed by atoms with van der Waals surface area (Å²) in [6.07, 6.45) is 1.91. The van der Waals surface area contributed by atoms with Crippen molar-refractivity contribution in [1.82, 2.24) is 9.80 Å². The van der Waals surface area contributed by atoms with Crippen LogP contribution in [0.25, 0.3) is 0 Å². The Kier molecular flexibility index (Phi) is 5.41.